The van der Waals surface area contributed by atoms with E-state index in [4.69, 9.17) is 34.3 Å². The van der Waals surface area contributed by atoms with Crippen molar-refractivity contribution in [1.29, 1.82) is 0 Å². The molecule has 1 aliphatic rings. The molecule has 0 radical (unpaired) electrons. The van der Waals surface area contributed by atoms with Crippen molar-refractivity contribution in [2.75, 3.05) is 20.0 Å². The van der Waals surface area contributed by atoms with Crippen LogP contribution in [-0.2, 0) is 14.6 Å². The van der Waals surface area contributed by atoms with E-state index in [1.165, 1.54) is 13.4 Å². The normalized spacial score (nSPS) is 29.1. The molecule has 0 aliphatic heterocycles. The van der Waals surface area contributed by atoms with Gasteiger partial charge in [-0.3, -0.25) is 0 Å². The first-order valence-corrected chi connectivity index (χ1v) is 8.72. The maximum absolute atomic E-state index is 12.1. The molecule has 2 rings (SSSR count). The molecule has 7 heteroatoms. The second-order valence-electron chi connectivity index (χ2n) is 5.12. The highest BCUT2D eigenvalue weighted by atomic mass is 35.5. The van der Waals surface area contributed by atoms with Crippen LogP contribution in [0.3, 0.4) is 0 Å². The Morgan fingerprint density at radius 1 is 1.55 bits per heavy atom. The van der Waals surface area contributed by atoms with Gasteiger partial charge >= 0.3 is 0 Å². The average Bonchev–Trinajstić information content (AvgIpc) is 3.00. The Kier molecular flexibility index (Phi) is 4.12. The largest absolute Gasteiger partial charge is 0.393 e. The van der Waals surface area contributed by atoms with Gasteiger partial charge in [0.25, 0.3) is 0 Å². The number of sulfone groups is 1. The Labute approximate surface area is 129 Å². The molecule has 1 aliphatic carbocycles. The van der Waals surface area contributed by atoms with E-state index in [9.17, 15) is 8.42 Å². The topological polar surface area (TPSA) is 69.4 Å². The third-order valence-corrected chi connectivity index (χ3v) is 6.00. The highest BCUT2D eigenvalue weighted by Crippen LogP contribution is 2.63. The minimum atomic E-state index is -3.31. The minimum absolute atomic E-state index is 0.166. The molecular weight excluding hydrogens is 318 g/mol. The summed E-state index contributed by atoms with van der Waals surface area (Å²) in [5, 5.41) is -0.109. The molecule has 0 heterocycles. The number of ether oxygens (including phenoxy) is 1. The predicted molar refractivity (Wildman–Crippen MR) is 83.9 cm³/mol. The molecule has 1 fully saturated rings. The molecule has 0 saturated heterocycles. The highest BCUT2D eigenvalue weighted by Gasteiger charge is 2.71. The van der Waals surface area contributed by atoms with Crippen molar-refractivity contribution in [3.8, 4) is 0 Å². The van der Waals surface area contributed by atoms with Gasteiger partial charge in [-0.25, -0.2) is 8.42 Å². The third-order valence-electron chi connectivity index (χ3n) is 3.77. The van der Waals surface area contributed by atoms with Crippen LogP contribution in [0.4, 0.5) is 0 Å². The van der Waals surface area contributed by atoms with Crippen molar-refractivity contribution in [3.05, 3.63) is 34.9 Å². The quantitative estimate of drug-likeness (QED) is 0.832. The molecule has 0 amide bonds. The monoisotopic (exact) mass is 333 g/mol. The number of rotatable bonds is 5. The molecule has 1 aromatic carbocycles. The van der Waals surface area contributed by atoms with Crippen molar-refractivity contribution in [1.82, 2.24) is 0 Å². The van der Waals surface area contributed by atoms with E-state index >= 15 is 0 Å². The standard InChI is InChI=1S/C13H16ClNO3S2/c1-18-7-13(12(15)19)10(11(13)20(2,16)17)8-4-3-5-9(14)6-8/h3-6,10-11H,7H2,1-2H3,(H2,15,19). The molecule has 3 atom stereocenters. The van der Waals surface area contributed by atoms with Crippen LogP contribution in [0.5, 0.6) is 0 Å². The molecule has 2 N–H and O–H groups in total. The van der Waals surface area contributed by atoms with Gasteiger partial charge in [0.15, 0.2) is 9.84 Å². The molecule has 20 heavy (non-hydrogen) atoms. The number of halogens is 1. The summed E-state index contributed by atoms with van der Waals surface area (Å²) in [6.45, 7) is 0.178. The van der Waals surface area contributed by atoms with E-state index in [1.807, 2.05) is 6.07 Å². The molecule has 1 aromatic rings. The average molecular weight is 334 g/mol. The van der Waals surface area contributed by atoms with E-state index in [1.54, 1.807) is 18.2 Å². The van der Waals surface area contributed by atoms with Gasteiger partial charge in [0.2, 0.25) is 0 Å². The molecule has 110 valence electrons. The molecule has 0 aromatic heterocycles. The predicted octanol–water partition coefficient (Wildman–Crippen LogP) is 1.77. The van der Waals surface area contributed by atoms with E-state index in [0.717, 1.165) is 5.56 Å². The minimum Gasteiger partial charge on any atom is -0.393 e. The summed E-state index contributed by atoms with van der Waals surface area (Å²) in [6, 6.07) is 7.11. The van der Waals surface area contributed by atoms with Crippen LogP contribution in [0.1, 0.15) is 11.5 Å². The highest BCUT2D eigenvalue weighted by molar-refractivity contribution is 7.92. The van der Waals surface area contributed by atoms with Crippen molar-refractivity contribution >= 4 is 38.6 Å². The van der Waals surface area contributed by atoms with E-state index in [-0.39, 0.29) is 17.5 Å². The van der Waals surface area contributed by atoms with Crippen molar-refractivity contribution < 1.29 is 13.2 Å². The smallest absolute Gasteiger partial charge is 0.152 e. The fourth-order valence-corrected chi connectivity index (χ4v) is 5.49. The van der Waals surface area contributed by atoms with Gasteiger partial charge in [0.05, 0.1) is 22.3 Å². The Hall–Kier alpha value is -0.690. The van der Waals surface area contributed by atoms with Crippen LogP contribution < -0.4 is 5.73 Å². The summed E-state index contributed by atoms with van der Waals surface area (Å²) in [7, 11) is -1.80. The summed E-state index contributed by atoms with van der Waals surface area (Å²) in [5.74, 6) is -0.311. The summed E-state index contributed by atoms with van der Waals surface area (Å²) < 4.78 is 29.3. The third kappa shape index (κ3) is 2.45. The number of hydrogen-bond donors (Lipinski definition) is 1. The Balaban J connectivity index is 2.53. The van der Waals surface area contributed by atoms with Gasteiger partial charge in [0, 0.05) is 24.3 Å². The Morgan fingerprint density at radius 3 is 2.65 bits per heavy atom. The lowest BCUT2D eigenvalue weighted by Crippen LogP contribution is -2.32. The molecule has 0 bridgehead atoms. The number of benzene rings is 1. The Morgan fingerprint density at radius 2 is 2.20 bits per heavy atom. The lowest BCUT2D eigenvalue weighted by molar-refractivity contribution is 0.166. The summed E-state index contributed by atoms with van der Waals surface area (Å²) in [5.41, 5.74) is 5.80. The maximum atomic E-state index is 12.1. The van der Waals surface area contributed by atoms with E-state index < -0.39 is 20.5 Å². The second kappa shape index (κ2) is 5.26. The molecule has 4 nitrogen and oxygen atoms in total. The number of hydrogen-bond acceptors (Lipinski definition) is 4. The molecule has 3 unspecified atom stereocenters. The summed E-state index contributed by atoms with van der Waals surface area (Å²) in [4.78, 5) is 0.166. The van der Waals surface area contributed by atoms with E-state index in [0.29, 0.717) is 5.02 Å². The number of methoxy groups -OCH3 is 1. The maximum Gasteiger partial charge on any atom is 0.152 e. The van der Waals surface area contributed by atoms with Gasteiger partial charge in [0.1, 0.15) is 0 Å². The summed E-state index contributed by atoms with van der Waals surface area (Å²) >= 11 is 11.1. The van der Waals surface area contributed by atoms with E-state index in [2.05, 4.69) is 0 Å². The zero-order valence-corrected chi connectivity index (χ0v) is 13.6. The first-order chi connectivity index (χ1) is 9.25. The van der Waals surface area contributed by atoms with Crippen molar-refractivity contribution in [3.63, 3.8) is 0 Å². The number of thiocarbonyl (C=S) groups is 1. The lowest BCUT2D eigenvalue weighted by atomic mass is 10.00. The van der Waals surface area contributed by atoms with Crippen LogP contribution in [-0.4, -0.2) is 38.6 Å². The van der Waals surface area contributed by atoms with Crippen LogP contribution in [0.15, 0.2) is 24.3 Å². The number of nitrogens with two attached hydrogens (primary N) is 1. The second-order valence-corrected chi connectivity index (χ2v) is 8.16. The van der Waals surface area contributed by atoms with Gasteiger partial charge < -0.3 is 10.5 Å². The summed E-state index contributed by atoms with van der Waals surface area (Å²) in [6.07, 6.45) is 1.20. The van der Waals surface area contributed by atoms with Crippen LogP contribution in [0, 0.1) is 5.41 Å². The van der Waals surface area contributed by atoms with Gasteiger partial charge in [-0.2, -0.15) is 0 Å². The Bertz CT molecular complexity index is 647. The van der Waals surface area contributed by atoms with Crippen LogP contribution >= 0.6 is 23.8 Å². The van der Waals surface area contributed by atoms with Gasteiger partial charge in [-0.15, -0.1) is 0 Å². The first-order valence-electron chi connectivity index (χ1n) is 5.98. The SMILES string of the molecule is COCC1(C(N)=S)C(c2cccc(Cl)c2)C1S(C)(=O)=O. The van der Waals surface area contributed by atoms with Crippen molar-refractivity contribution in [2.24, 2.45) is 11.1 Å². The molecule has 0 spiro atoms. The first kappa shape index (κ1) is 15.7. The van der Waals surface area contributed by atoms with Crippen molar-refractivity contribution in [2.45, 2.75) is 11.2 Å². The fourth-order valence-electron chi connectivity index (χ4n) is 2.98. The zero-order chi connectivity index (χ0) is 15.1. The molecular formula is C13H16ClNO3S2. The van der Waals surface area contributed by atoms with Crippen LogP contribution in [0.25, 0.3) is 0 Å². The molecule has 1 saturated carbocycles. The van der Waals surface area contributed by atoms with Gasteiger partial charge in [-0.05, 0) is 17.7 Å². The fraction of sp³-hybridized carbons (Fsp3) is 0.462. The zero-order valence-electron chi connectivity index (χ0n) is 11.2. The van der Waals surface area contributed by atoms with Crippen LogP contribution in [0.2, 0.25) is 5.02 Å². The lowest BCUT2D eigenvalue weighted by Gasteiger charge is -2.15. The van der Waals surface area contributed by atoms with Gasteiger partial charge in [-0.1, -0.05) is 36.0 Å².